The molecule has 0 atom stereocenters. The van der Waals surface area contributed by atoms with Crippen molar-refractivity contribution in [3.8, 4) is 11.5 Å². The van der Waals surface area contributed by atoms with Crippen LogP contribution in [-0.2, 0) is 4.79 Å². The van der Waals surface area contributed by atoms with Crippen LogP contribution in [0.4, 0.5) is 0 Å². The van der Waals surface area contributed by atoms with E-state index in [2.05, 4.69) is 4.98 Å². The predicted octanol–water partition coefficient (Wildman–Crippen LogP) is 3.58. The Hall–Kier alpha value is -2.62. The Morgan fingerprint density at radius 1 is 1.10 bits per heavy atom. The highest BCUT2D eigenvalue weighted by molar-refractivity contribution is 5.74. The van der Waals surface area contributed by atoms with Gasteiger partial charge in [0.15, 0.2) is 11.5 Å². The van der Waals surface area contributed by atoms with Crippen molar-refractivity contribution >= 4 is 18.1 Å². The van der Waals surface area contributed by atoms with Crippen molar-refractivity contribution < 1.29 is 14.3 Å². The van der Waals surface area contributed by atoms with Gasteiger partial charge in [0.1, 0.15) is 0 Å². The highest BCUT2D eigenvalue weighted by atomic mass is 16.6. The average Bonchev–Trinajstić information content (AvgIpc) is 2.54. The number of methoxy groups -OCH3 is 1. The monoisotopic (exact) mass is 283 g/mol. The van der Waals surface area contributed by atoms with Crippen LogP contribution in [0.15, 0.2) is 42.7 Å². The molecule has 0 amide bonds. The lowest BCUT2D eigenvalue weighted by atomic mass is 10.1. The van der Waals surface area contributed by atoms with Gasteiger partial charge in [0, 0.05) is 18.8 Å². The Morgan fingerprint density at radius 3 is 2.48 bits per heavy atom. The standard InChI is InChI=1S/C17H17NO3/c1-3-17(19)21-15-7-6-14(12-16(15)20-2)5-4-13-8-10-18-11-9-13/h4-12H,3H2,1-2H3/b5-4+. The molecule has 0 spiro atoms. The summed E-state index contributed by atoms with van der Waals surface area (Å²) in [6.07, 6.45) is 7.76. The molecule has 1 heterocycles. The molecule has 4 nitrogen and oxygen atoms in total. The Labute approximate surface area is 124 Å². The van der Waals surface area contributed by atoms with Crippen LogP contribution in [0, 0.1) is 0 Å². The fourth-order valence-electron chi connectivity index (χ4n) is 1.73. The average molecular weight is 283 g/mol. The van der Waals surface area contributed by atoms with Crippen LogP contribution < -0.4 is 9.47 Å². The zero-order valence-corrected chi connectivity index (χ0v) is 12.1. The minimum atomic E-state index is -0.284. The molecule has 0 aliphatic carbocycles. The summed E-state index contributed by atoms with van der Waals surface area (Å²) in [4.78, 5) is 15.3. The number of hydrogen-bond donors (Lipinski definition) is 0. The van der Waals surface area contributed by atoms with Crippen LogP contribution >= 0.6 is 0 Å². The fraction of sp³-hybridized carbons (Fsp3) is 0.176. The number of hydrogen-bond acceptors (Lipinski definition) is 4. The third-order valence-corrected chi connectivity index (χ3v) is 2.87. The predicted molar refractivity (Wildman–Crippen MR) is 82.1 cm³/mol. The van der Waals surface area contributed by atoms with Crippen LogP contribution in [-0.4, -0.2) is 18.1 Å². The molecule has 0 saturated heterocycles. The number of ether oxygens (including phenoxy) is 2. The topological polar surface area (TPSA) is 48.4 Å². The van der Waals surface area contributed by atoms with Crippen molar-refractivity contribution in [2.75, 3.05) is 7.11 Å². The fourth-order valence-corrected chi connectivity index (χ4v) is 1.73. The van der Waals surface area contributed by atoms with E-state index in [0.717, 1.165) is 11.1 Å². The van der Waals surface area contributed by atoms with Crippen molar-refractivity contribution in [3.63, 3.8) is 0 Å². The first-order chi connectivity index (χ1) is 10.2. The molecule has 108 valence electrons. The summed E-state index contributed by atoms with van der Waals surface area (Å²) in [5, 5.41) is 0. The number of rotatable bonds is 5. The molecular weight excluding hydrogens is 266 g/mol. The van der Waals surface area contributed by atoms with Gasteiger partial charge in [0.2, 0.25) is 0 Å². The summed E-state index contributed by atoms with van der Waals surface area (Å²) in [6, 6.07) is 9.28. The smallest absolute Gasteiger partial charge is 0.311 e. The van der Waals surface area contributed by atoms with Crippen molar-refractivity contribution in [2.45, 2.75) is 13.3 Å². The molecule has 4 heteroatoms. The summed E-state index contributed by atoms with van der Waals surface area (Å²) in [5.74, 6) is 0.687. The van der Waals surface area contributed by atoms with E-state index < -0.39 is 0 Å². The van der Waals surface area contributed by atoms with E-state index in [4.69, 9.17) is 9.47 Å². The van der Waals surface area contributed by atoms with Gasteiger partial charge < -0.3 is 9.47 Å². The first-order valence-electron chi connectivity index (χ1n) is 6.69. The zero-order valence-electron chi connectivity index (χ0n) is 12.1. The maximum atomic E-state index is 11.3. The maximum Gasteiger partial charge on any atom is 0.311 e. The SMILES string of the molecule is CCC(=O)Oc1ccc(/C=C/c2ccncc2)cc1OC. The molecule has 2 rings (SSSR count). The lowest BCUT2D eigenvalue weighted by molar-refractivity contribution is -0.134. The number of aromatic nitrogens is 1. The van der Waals surface area contributed by atoms with Crippen molar-refractivity contribution in [2.24, 2.45) is 0 Å². The first-order valence-corrected chi connectivity index (χ1v) is 6.69. The van der Waals surface area contributed by atoms with Crippen LogP contribution in [0.3, 0.4) is 0 Å². The molecule has 0 radical (unpaired) electrons. The minimum absolute atomic E-state index is 0.284. The number of esters is 1. The van der Waals surface area contributed by atoms with Crippen molar-refractivity contribution in [1.82, 2.24) is 4.98 Å². The zero-order chi connectivity index (χ0) is 15.1. The van der Waals surface area contributed by atoms with Gasteiger partial charge in [-0.1, -0.05) is 25.1 Å². The van der Waals surface area contributed by atoms with Gasteiger partial charge in [-0.2, -0.15) is 0 Å². The highest BCUT2D eigenvalue weighted by Gasteiger charge is 2.08. The second-order valence-electron chi connectivity index (χ2n) is 4.35. The Kier molecular flexibility index (Phi) is 5.10. The van der Waals surface area contributed by atoms with E-state index in [0.29, 0.717) is 17.9 Å². The molecule has 1 aromatic carbocycles. The van der Waals surface area contributed by atoms with E-state index >= 15 is 0 Å². The lowest BCUT2D eigenvalue weighted by Gasteiger charge is -2.09. The molecule has 0 saturated carbocycles. The second kappa shape index (κ2) is 7.24. The molecule has 0 aliphatic heterocycles. The van der Waals surface area contributed by atoms with E-state index in [9.17, 15) is 4.79 Å². The molecular formula is C17H17NO3. The van der Waals surface area contributed by atoms with Crippen molar-refractivity contribution in [3.05, 3.63) is 53.9 Å². The summed E-state index contributed by atoms with van der Waals surface area (Å²) < 4.78 is 10.5. The maximum absolute atomic E-state index is 11.3. The molecule has 0 unspecified atom stereocenters. The Morgan fingerprint density at radius 2 is 1.81 bits per heavy atom. The quantitative estimate of drug-likeness (QED) is 0.621. The number of carbonyl (C=O) groups is 1. The second-order valence-corrected chi connectivity index (χ2v) is 4.35. The number of pyridine rings is 1. The molecule has 0 bridgehead atoms. The summed E-state index contributed by atoms with van der Waals surface area (Å²) in [5.41, 5.74) is 2.02. The van der Waals surface area contributed by atoms with Gasteiger partial charge in [-0.05, 0) is 35.4 Å². The van der Waals surface area contributed by atoms with Gasteiger partial charge in [0.25, 0.3) is 0 Å². The van der Waals surface area contributed by atoms with Gasteiger partial charge in [-0.15, -0.1) is 0 Å². The van der Waals surface area contributed by atoms with Gasteiger partial charge in [0.05, 0.1) is 7.11 Å². The third kappa shape index (κ3) is 4.18. The van der Waals surface area contributed by atoms with Gasteiger partial charge >= 0.3 is 5.97 Å². The van der Waals surface area contributed by atoms with Crippen LogP contribution in [0.5, 0.6) is 11.5 Å². The molecule has 1 aromatic heterocycles. The first kappa shape index (κ1) is 14.8. The number of benzene rings is 1. The summed E-state index contributed by atoms with van der Waals surface area (Å²) in [6.45, 7) is 1.75. The molecule has 0 N–H and O–H groups in total. The lowest BCUT2D eigenvalue weighted by Crippen LogP contribution is -2.06. The highest BCUT2D eigenvalue weighted by Crippen LogP contribution is 2.29. The molecule has 2 aromatic rings. The third-order valence-electron chi connectivity index (χ3n) is 2.87. The number of carbonyl (C=O) groups excluding carboxylic acids is 1. The van der Waals surface area contributed by atoms with Crippen molar-refractivity contribution in [1.29, 1.82) is 0 Å². The van der Waals surface area contributed by atoms with E-state index in [1.807, 2.05) is 36.4 Å². The Balaban J connectivity index is 2.19. The van der Waals surface area contributed by atoms with Crippen LogP contribution in [0.1, 0.15) is 24.5 Å². The summed E-state index contributed by atoms with van der Waals surface area (Å²) >= 11 is 0. The van der Waals surface area contributed by atoms with E-state index in [-0.39, 0.29) is 5.97 Å². The molecule has 0 fully saturated rings. The van der Waals surface area contributed by atoms with Gasteiger partial charge in [-0.25, -0.2) is 0 Å². The largest absolute Gasteiger partial charge is 0.493 e. The van der Waals surface area contributed by atoms with E-state index in [1.54, 1.807) is 32.5 Å². The normalized spacial score (nSPS) is 10.6. The number of nitrogens with zero attached hydrogens (tertiary/aromatic N) is 1. The minimum Gasteiger partial charge on any atom is -0.493 e. The Bertz CT molecular complexity index is 636. The van der Waals surface area contributed by atoms with E-state index in [1.165, 1.54) is 0 Å². The molecule has 0 aliphatic rings. The van der Waals surface area contributed by atoms with Crippen LogP contribution in [0.2, 0.25) is 0 Å². The van der Waals surface area contributed by atoms with Gasteiger partial charge in [-0.3, -0.25) is 9.78 Å². The summed E-state index contributed by atoms with van der Waals surface area (Å²) in [7, 11) is 1.55. The van der Waals surface area contributed by atoms with Crippen LogP contribution in [0.25, 0.3) is 12.2 Å². The molecule has 21 heavy (non-hydrogen) atoms.